The molecule has 1 atom stereocenters. The van der Waals surface area contributed by atoms with Crippen molar-refractivity contribution in [2.75, 3.05) is 13.1 Å². The van der Waals surface area contributed by atoms with Crippen LogP contribution >= 0.6 is 0 Å². The van der Waals surface area contributed by atoms with Gasteiger partial charge < -0.3 is 14.4 Å². The van der Waals surface area contributed by atoms with E-state index in [1.54, 1.807) is 72.0 Å². The highest BCUT2D eigenvalue weighted by Crippen LogP contribution is 2.34. The van der Waals surface area contributed by atoms with E-state index in [2.05, 4.69) is 19.9 Å². The van der Waals surface area contributed by atoms with Crippen LogP contribution < -0.4 is 9.47 Å². The third-order valence-electron chi connectivity index (χ3n) is 5.66. The van der Waals surface area contributed by atoms with Crippen LogP contribution in [0.15, 0.2) is 79.4 Å². The normalized spacial score (nSPS) is 15.5. The highest BCUT2D eigenvalue weighted by atomic mass is 19.1. The summed E-state index contributed by atoms with van der Waals surface area (Å²) in [7, 11) is 0. The number of benzene rings is 2. The van der Waals surface area contributed by atoms with Gasteiger partial charge in [0.15, 0.2) is 11.6 Å². The third kappa shape index (κ3) is 5.24. The SMILES string of the molecule is O=C(c1cccc(Oc2ncccn2)c1)N1CCC[C@@H](c2nccnc2Oc2ccccc2F)C1. The fourth-order valence-electron chi connectivity index (χ4n) is 4.03. The zero-order valence-corrected chi connectivity index (χ0v) is 18.8. The van der Waals surface area contributed by atoms with Gasteiger partial charge in [-0.25, -0.2) is 19.3 Å². The molecule has 1 fully saturated rings. The monoisotopic (exact) mass is 471 g/mol. The molecule has 35 heavy (non-hydrogen) atoms. The van der Waals surface area contributed by atoms with Crippen LogP contribution in [0.3, 0.4) is 0 Å². The summed E-state index contributed by atoms with van der Waals surface area (Å²) in [5.41, 5.74) is 1.10. The van der Waals surface area contributed by atoms with Crippen molar-refractivity contribution in [1.82, 2.24) is 24.8 Å². The number of carbonyl (C=O) groups excluding carboxylic acids is 1. The molecule has 0 unspecified atom stereocenters. The van der Waals surface area contributed by atoms with E-state index >= 15 is 0 Å². The molecule has 9 heteroatoms. The van der Waals surface area contributed by atoms with Gasteiger partial charge in [0.1, 0.15) is 11.4 Å². The number of hydrogen-bond acceptors (Lipinski definition) is 7. The minimum atomic E-state index is -0.479. The minimum absolute atomic E-state index is 0.0807. The lowest BCUT2D eigenvalue weighted by Gasteiger charge is -2.33. The van der Waals surface area contributed by atoms with Gasteiger partial charge in [0.25, 0.3) is 5.91 Å². The summed E-state index contributed by atoms with van der Waals surface area (Å²) >= 11 is 0. The molecule has 2 aromatic heterocycles. The lowest BCUT2D eigenvalue weighted by atomic mass is 9.94. The molecule has 0 spiro atoms. The van der Waals surface area contributed by atoms with Gasteiger partial charge in [-0.1, -0.05) is 18.2 Å². The molecule has 4 aromatic rings. The van der Waals surface area contributed by atoms with E-state index in [1.165, 1.54) is 12.3 Å². The zero-order valence-electron chi connectivity index (χ0n) is 18.8. The summed E-state index contributed by atoms with van der Waals surface area (Å²) in [5, 5.41) is 0. The maximum absolute atomic E-state index is 14.1. The highest BCUT2D eigenvalue weighted by molar-refractivity contribution is 5.94. The first-order chi connectivity index (χ1) is 17.2. The van der Waals surface area contributed by atoms with E-state index in [0.717, 1.165) is 12.8 Å². The molecule has 0 radical (unpaired) electrons. The first-order valence-electron chi connectivity index (χ1n) is 11.2. The van der Waals surface area contributed by atoms with Gasteiger partial charge in [-0.15, -0.1) is 0 Å². The van der Waals surface area contributed by atoms with E-state index in [0.29, 0.717) is 30.1 Å². The first kappa shape index (κ1) is 22.4. The maximum Gasteiger partial charge on any atom is 0.321 e. The third-order valence-corrected chi connectivity index (χ3v) is 5.66. The zero-order chi connectivity index (χ0) is 24.0. The number of hydrogen-bond donors (Lipinski definition) is 0. The van der Waals surface area contributed by atoms with Crippen LogP contribution in [0.2, 0.25) is 0 Å². The van der Waals surface area contributed by atoms with Crippen LogP contribution in [-0.4, -0.2) is 43.8 Å². The molecule has 0 bridgehead atoms. The smallest absolute Gasteiger partial charge is 0.321 e. The van der Waals surface area contributed by atoms with Crippen LogP contribution in [0, 0.1) is 5.82 Å². The Morgan fingerprint density at radius 1 is 0.914 bits per heavy atom. The second-order valence-corrected chi connectivity index (χ2v) is 8.03. The van der Waals surface area contributed by atoms with Crippen molar-refractivity contribution in [1.29, 1.82) is 0 Å². The Morgan fingerprint density at radius 2 is 1.74 bits per heavy atom. The lowest BCUT2D eigenvalue weighted by molar-refractivity contribution is 0.0704. The number of ether oxygens (including phenoxy) is 2. The molecule has 0 aliphatic carbocycles. The molecule has 3 heterocycles. The summed E-state index contributed by atoms with van der Waals surface area (Å²) in [6, 6.07) is 15.0. The molecule has 1 amide bonds. The number of para-hydroxylation sites is 1. The Morgan fingerprint density at radius 3 is 2.60 bits per heavy atom. The van der Waals surface area contributed by atoms with Crippen molar-refractivity contribution >= 4 is 5.91 Å². The second-order valence-electron chi connectivity index (χ2n) is 8.03. The molecular weight excluding hydrogens is 449 g/mol. The summed E-state index contributed by atoms with van der Waals surface area (Å²) in [4.78, 5) is 32.0. The topological polar surface area (TPSA) is 90.3 Å². The van der Waals surface area contributed by atoms with Gasteiger partial charge in [-0.2, -0.15) is 0 Å². The predicted molar refractivity (Wildman–Crippen MR) is 125 cm³/mol. The van der Waals surface area contributed by atoms with Gasteiger partial charge in [-0.05, 0) is 49.2 Å². The molecule has 8 nitrogen and oxygen atoms in total. The molecule has 2 aromatic carbocycles. The van der Waals surface area contributed by atoms with Gasteiger partial charge in [0.2, 0.25) is 5.88 Å². The minimum Gasteiger partial charge on any atom is -0.434 e. The second kappa shape index (κ2) is 10.3. The van der Waals surface area contributed by atoms with Crippen molar-refractivity contribution in [3.63, 3.8) is 0 Å². The molecule has 1 aliphatic heterocycles. The van der Waals surface area contributed by atoms with Crippen molar-refractivity contribution in [3.05, 3.63) is 96.5 Å². The van der Waals surface area contributed by atoms with E-state index in [-0.39, 0.29) is 29.5 Å². The largest absolute Gasteiger partial charge is 0.434 e. The van der Waals surface area contributed by atoms with E-state index in [4.69, 9.17) is 9.47 Å². The number of piperidine rings is 1. The molecule has 0 N–H and O–H groups in total. The average molecular weight is 471 g/mol. The Balaban J connectivity index is 1.32. The summed E-state index contributed by atoms with van der Waals surface area (Å²) in [5.74, 6) is 0.111. The predicted octanol–water partition coefficient (Wildman–Crippen LogP) is 5.01. The van der Waals surface area contributed by atoms with Crippen LogP contribution in [0.1, 0.15) is 34.8 Å². The number of amides is 1. The Labute approximate surface area is 201 Å². The number of nitrogens with zero attached hydrogens (tertiary/aromatic N) is 5. The Kier molecular flexibility index (Phi) is 6.56. The van der Waals surface area contributed by atoms with E-state index in [1.807, 2.05) is 0 Å². The van der Waals surface area contributed by atoms with Crippen LogP contribution in [0.25, 0.3) is 0 Å². The fraction of sp³-hybridized carbons (Fsp3) is 0.192. The van der Waals surface area contributed by atoms with Gasteiger partial charge in [-0.3, -0.25) is 9.78 Å². The van der Waals surface area contributed by atoms with Gasteiger partial charge in [0.05, 0.1) is 0 Å². The van der Waals surface area contributed by atoms with E-state index < -0.39 is 5.82 Å². The van der Waals surface area contributed by atoms with Crippen molar-refractivity contribution in [2.45, 2.75) is 18.8 Å². The molecule has 5 rings (SSSR count). The summed E-state index contributed by atoms with van der Waals surface area (Å²) in [6.45, 7) is 1.06. The van der Waals surface area contributed by atoms with Crippen molar-refractivity contribution < 1.29 is 18.7 Å². The molecule has 0 saturated carbocycles. The van der Waals surface area contributed by atoms with Crippen LogP contribution in [-0.2, 0) is 0 Å². The Hall–Kier alpha value is -4.40. The first-order valence-corrected chi connectivity index (χ1v) is 11.2. The standard InChI is InChI=1S/C26H22FN5O3/c27-21-9-1-2-10-22(21)35-24-23(28-13-14-29-24)19-7-4-15-32(17-19)25(33)18-6-3-8-20(16-18)34-26-30-11-5-12-31-26/h1-3,5-6,8-14,16,19H,4,7,15,17H2/t19-/m1/s1. The average Bonchev–Trinajstić information content (AvgIpc) is 2.91. The number of rotatable bonds is 6. The van der Waals surface area contributed by atoms with Crippen molar-refractivity contribution in [3.8, 4) is 23.4 Å². The van der Waals surface area contributed by atoms with Gasteiger partial charge in [0, 0.05) is 49.4 Å². The fourth-order valence-corrected chi connectivity index (χ4v) is 4.03. The maximum atomic E-state index is 14.1. The molecular formula is C26H22FN5O3. The number of aromatic nitrogens is 4. The summed E-state index contributed by atoms with van der Waals surface area (Å²) in [6.07, 6.45) is 7.86. The lowest BCUT2D eigenvalue weighted by Crippen LogP contribution is -2.39. The quantitative estimate of drug-likeness (QED) is 0.390. The summed E-state index contributed by atoms with van der Waals surface area (Å²) < 4.78 is 25.6. The number of likely N-dealkylation sites (tertiary alicyclic amines) is 1. The number of carbonyl (C=O) groups is 1. The molecule has 1 saturated heterocycles. The number of halogens is 1. The molecule has 176 valence electrons. The van der Waals surface area contributed by atoms with Crippen molar-refractivity contribution in [2.24, 2.45) is 0 Å². The molecule has 1 aliphatic rings. The van der Waals surface area contributed by atoms with Gasteiger partial charge >= 0.3 is 6.01 Å². The highest BCUT2D eigenvalue weighted by Gasteiger charge is 2.29. The van der Waals surface area contributed by atoms with Crippen LogP contribution in [0.4, 0.5) is 4.39 Å². The Bertz CT molecular complexity index is 1320. The van der Waals surface area contributed by atoms with E-state index in [9.17, 15) is 9.18 Å². The van der Waals surface area contributed by atoms with Crippen LogP contribution in [0.5, 0.6) is 23.4 Å².